The Balaban J connectivity index is 2.71. The number of rotatable bonds is 2. The van der Waals surface area contributed by atoms with Crippen molar-refractivity contribution < 1.29 is 4.39 Å². The van der Waals surface area contributed by atoms with Crippen molar-refractivity contribution in [2.75, 3.05) is 5.32 Å². The number of anilines is 1. The zero-order valence-electron chi connectivity index (χ0n) is 9.09. The summed E-state index contributed by atoms with van der Waals surface area (Å²) in [6, 6.07) is 5.23. The molecule has 0 unspecified atom stereocenters. The van der Waals surface area contributed by atoms with E-state index in [1.165, 1.54) is 6.07 Å². The predicted molar refractivity (Wildman–Crippen MR) is 68.2 cm³/mol. The van der Waals surface area contributed by atoms with Gasteiger partial charge in [-0.25, -0.2) is 9.37 Å². The number of aromatic nitrogens is 1. The van der Waals surface area contributed by atoms with E-state index in [0.717, 1.165) is 9.86 Å². The van der Waals surface area contributed by atoms with Crippen LogP contribution in [0.1, 0.15) is 13.8 Å². The van der Waals surface area contributed by atoms with E-state index in [1.807, 2.05) is 19.9 Å². The molecule has 1 aromatic heterocycles. The first-order chi connectivity index (χ1) is 7.59. The van der Waals surface area contributed by atoms with Gasteiger partial charge < -0.3 is 5.32 Å². The Morgan fingerprint density at radius 1 is 1.38 bits per heavy atom. The molecule has 0 aliphatic heterocycles. The highest BCUT2D eigenvalue weighted by Crippen LogP contribution is 2.30. The van der Waals surface area contributed by atoms with Crippen molar-refractivity contribution in [1.82, 2.24) is 4.98 Å². The van der Waals surface area contributed by atoms with Crippen molar-refractivity contribution in [2.45, 2.75) is 19.9 Å². The fourth-order valence-corrected chi connectivity index (χ4v) is 2.03. The molecule has 0 fully saturated rings. The quantitative estimate of drug-likeness (QED) is 0.902. The third kappa shape index (κ3) is 2.02. The Morgan fingerprint density at radius 3 is 2.81 bits per heavy atom. The number of fused-ring (bicyclic) bond motifs is 1. The topological polar surface area (TPSA) is 24.9 Å². The summed E-state index contributed by atoms with van der Waals surface area (Å²) in [6.45, 7) is 3.99. The van der Waals surface area contributed by atoms with Crippen LogP contribution in [0.5, 0.6) is 0 Å². The molecule has 0 spiro atoms. The molecule has 0 radical (unpaired) electrons. The molecule has 4 heteroatoms. The van der Waals surface area contributed by atoms with Crippen LogP contribution in [0.2, 0.25) is 0 Å². The molecule has 0 saturated heterocycles. The van der Waals surface area contributed by atoms with Crippen LogP contribution in [0.3, 0.4) is 0 Å². The van der Waals surface area contributed by atoms with Gasteiger partial charge in [0.15, 0.2) is 0 Å². The molecule has 2 aromatic rings. The van der Waals surface area contributed by atoms with Gasteiger partial charge in [-0.05, 0) is 35.8 Å². The van der Waals surface area contributed by atoms with Crippen molar-refractivity contribution in [2.24, 2.45) is 0 Å². The molecule has 1 N–H and O–H groups in total. The summed E-state index contributed by atoms with van der Waals surface area (Å²) in [4.78, 5) is 4.21. The largest absolute Gasteiger partial charge is 0.367 e. The SMILES string of the molecule is CC(C)Nc1ncc(Br)c2cccc(F)c12. The van der Waals surface area contributed by atoms with E-state index in [4.69, 9.17) is 0 Å². The normalized spacial score (nSPS) is 11.1. The first-order valence-electron chi connectivity index (χ1n) is 5.09. The second-order valence-electron chi connectivity index (χ2n) is 3.92. The summed E-state index contributed by atoms with van der Waals surface area (Å²) < 4.78 is 14.6. The number of nitrogens with one attached hydrogen (secondary N) is 1. The minimum Gasteiger partial charge on any atom is -0.367 e. The zero-order chi connectivity index (χ0) is 11.7. The number of halogens is 2. The summed E-state index contributed by atoms with van der Waals surface area (Å²) in [6.07, 6.45) is 1.69. The Labute approximate surface area is 102 Å². The minimum atomic E-state index is -0.255. The summed E-state index contributed by atoms with van der Waals surface area (Å²) in [5.41, 5.74) is 0. The van der Waals surface area contributed by atoms with E-state index in [0.29, 0.717) is 11.2 Å². The average molecular weight is 283 g/mol. The van der Waals surface area contributed by atoms with Gasteiger partial charge in [-0.3, -0.25) is 0 Å². The molecule has 84 valence electrons. The van der Waals surface area contributed by atoms with Gasteiger partial charge in [0, 0.05) is 22.1 Å². The Bertz CT molecular complexity index is 526. The highest BCUT2D eigenvalue weighted by atomic mass is 79.9. The van der Waals surface area contributed by atoms with Gasteiger partial charge in [0.1, 0.15) is 11.6 Å². The van der Waals surface area contributed by atoms with E-state index in [-0.39, 0.29) is 11.9 Å². The number of hydrogen-bond acceptors (Lipinski definition) is 2. The molecule has 0 amide bonds. The number of nitrogens with zero attached hydrogens (tertiary/aromatic N) is 1. The van der Waals surface area contributed by atoms with Gasteiger partial charge in [0.25, 0.3) is 0 Å². The van der Waals surface area contributed by atoms with Gasteiger partial charge in [0.05, 0.1) is 5.39 Å². The zero-order valence-corrected chi connectivity index (χ0v) is 10.7. The molecule has 2 nitrogen and oxygen atoms in total. The molecule has 0 aliphatic rings. The lowest BCUT2D eigenvalue weighted by atomic mass is 10.1. The lowest BCUT2D eigenvalue weighted by Crippen LogP contribution is -2.11. The number of pyridine rings is 1. The monoisotopic (exact) mass is 282 g/mol. The van der Waals surface area contributed by atoms with Crippen LogP contribution >= 0.6 is 15.9 Å². The van der Waals surface area contributed by atoms with E-state index in [1.54, 1.807) is 12.3 Å². The third-order valence-corrected chi connectivity index (χ3v) is 2.87. The molecule has 1 aromatic carbocycles. The van der Waals surface area contributed by atoms with Crippen molar-refractivity contribution in [3.05, 3.63) is 34.7 Å². The maximum atomic E-state index is 13.8. The first kappa shape index (κ1) is 11.3. The predicted octanol–water partition coefficient (Wildman–Crippen LogP) is 3.96. The van der Waals surface area contributed by atoms with E-state index in [2.05, 4.69) is 26.2 Å². The maximum absolute atomic E-state index is 13.8. The molecule has 0 atom stereocenters. The van der Waals surface area contributed by atoms with Gasteiger partial charge >= 0.3 is 0 Å². The number of benzene rings is 1. The van der Waals surface area contributed by atoms with E-state index >= 15 is 0 Å². The molecule has 0 bridgehead atoms. The van der Waals surface area contributed by atoms with Crippen molar-refractivity contribution in [1.29, 1.82) is 0 Å². The Morgan fingerprint density at radius 2 is 2.12 bits per heavy atom. The molecule has 1 heterocycles. The van der Waals surface area contributed by atoms with Gasteiger partial charge in [-0.2, -0.15) is 0 Å². The lowest BCUT2D eigenvalue weighted by molar-refractivity contribution is 0.639. The molecule has 0 aliphatic carbocycles. The maximum Gasteiger partial charge on any atom is 0.137 e. The molecular weight excluding hydrogens is 271 g/mol. The van der Waals surface area contributed by atoms with Crippen molar-refractivity contribution >= 4 is 32.5 Å². The molecule has 2 rings (SSSR count). The molecule has 0 saturated carbocycles. The summed E-state index contributed by atoms with van der Waals surface area (Å²) >= 11 is 3.37. The van der Waals surface area contributed by atoms with Gasteiger partial charge in [0.2, 0.25) is 0 Å². The van der Waals surface area contributed by atoms with Crippen LogP contribution in [0, 0.1) is 5.82 Å². The van der Waals surface area contributed by atoms with Crippen molar-refractivity contribution in [3.63, 3.8) is 0 Å². The number of hydrogen-bond donors (Lipinski definition) is 1. The first-order valence-corrected chi connectivity index (χ1v) is 5.88. The average Bonchev–Trinajstić information content (AvgIpc) is 2.22. The Hall–Kier alpha value is -1.16. The van der Waals surface area contributed by atoms with Crippen LogP contribution in [-0.4, -0.2) is 11.0 Å². The fourth-order valence-electron chi connectivity index (χ4n) is 1.60. The highest BCUT2D eigenvalue weighted by molar-refractivity contribution is 9.10. The van der Waals surface area contributed by atoms with Crippen molar-refractivity contribution in [3.8, 4) is 0 Å². The van der Waals surface area contributed by atoms with Gasteiger partial charge in [-0.15, -0.1) is 0 Å². The standard InChI is InChI=1S/C12H12BrFN2/c1-7(2)16-12-11-8(9(13)6-15-12)4-3-5-10(11)14/h3-7H,1-2H3,(H,15,16). The third-order valence-electron chi connectivity index (χ3n) is 2.24. The van der Waals surface area contributed by atoms with Crippen LogP contribution in [0.4, 0.5) is 10.2 Å². The van der Waals surface area contributed by atoms with Gasteiger partial charge in [-0.1, -0.05) is 12.1 Å². The second-order valence-corrected chi connectivity index (χ2v) is 4.77. The second kappa shape index (κ2) is 4.37. The summed E-state index contributed by atoms with van der Waals surface area (Å²) in [5.74, 6) is 0.334. The van der Waals surface area contributed by atoms with Crippen LogP contribution in [0.25, 0.3) is 10.8 Å². The molecular formula is C12H12BrFN2. The fraction of sp³-hybridized carbons (Fsp3) is 0.250. The Kier molecular flexibility index (Phi) is 3.10. The smallest absolute Gasteiger partial charge is 0.137 e. The highest BCUT2D eigenvalue weighted by Gasteiger charge is 2.10. The summed E-state index contributed by atoms with van der Waals surface area (Å²) in [7, 11) is 0. The van der Waals surface area contributed by atoms with Crippen LogP contribution < -0.4 is 5.32 Å². The lowest BCUT2D eigenvalue weighted by Gasteiger charge is -2.12. The van der Waals surface area contributed by atoms with E-state index in [9.17, 15) is 4.39 Å². The van der Waals surface area contributed by atoms with Crippen LogP contribution in [-0.2, 0) is 0 Å². The van der Waals surface area contributed by atoms with E-state index < -0.39 is 0 Å². The minimum absolute atomic E-state index is 0.219. The molecule has 16 heavy (non-hydrogen) atoms. The summed E-state index contributed by atoms with van der Waals surface area (Å²) in [5, 5.41) is 4.51. The van der Waals surface area contributed by atoms with Crippen LogP contribution in [0.15, 0.2) is 28.9 Å².